The zero-order valence-corrected chi connectivity index (χ0v) is 13.4. The molecule has 0 radical (unpaired) electrons. The van der Waals surface area contributed by atoms with E-state index in [1.165, 1.54) is 24.3 Å². The van der Waals surface area contributed by atoms with Crippen molar-refractivity contribution in [3.8, 4) is 5.75 Å². The maximum absolute atomic E-state index is 13.1. The first-order valence-corrected chi connectivity index (χ1v) is 8.28. The largest absolute Gasteiger partial charge is 0.379 e. The molecule has 8 heteroatoms. The van der Waals surface area contributed by atoms with Crippen LogP contribution in [0.5, 0.6) is 5.75 Å². The SMILES string of the molecule is O=S(=O)(Oc1ccc2[nH]nc(I)c2c1)c1cccc(F)c1. The minimum Gasteiger partial charge on any atom is -0.379 e. The summed E-state index contributed by atoms with van der Waals surface area (Å²) in [5, 5.41) is 7.57. The molecule has 3 rings (SSSR count). The molecule has 0 spiro atoms. The number of nitrogens with one attached hydrogen (secondary N) is 1. The van der Waals surface area contributed by atoms with Crippen LogP contribution in [0.15, 0.2) is 47.4 Å². The van der Waals surface area contributed by atoms with Crippen molar-refractivity contribution in [2.75, 3.05) is 0 Å². The highest BCUT2D eigenvalue weighted by molar-refractivity contribution is 14.1. The fraction of sp³-hybridized carbons (Fsp3) is 0. The van der Waals surface area contributed by atoms with Crippen molar-refractivity contribution in [2.45, 2.75) is 4.90 Å². The van der Waals surface area contributed by atoms with Gasteiger partial charge in [-0.1, -0.05) is 6.07 Å². The minimum absolute atomic E-state index is 0.145. The summed E-state index contributed by atoms with van der Waals surface area (Å²) >= 11 is 2.03. The lowest BCUT2D eigenvalue weighted by Crippen LogP contribution is -2.09. The van der Waals surface area contributed by atoms with Gasteiger partial charge in [-0.05, 0) is 59.0 Å². The van der Waals surface area contributed by atoms with E-state index >= 15 is 0 Å². The average molecular weight is 418 g/mol. The molecule has 21 heavy (non-hydrogen) atoms. The molecule has 3 aromatic rings. The van der Waals surface area contributed by atoms with E-state index in [0.717, 1.165) is 17.0 Å². The third kappa shape index (κ3) is 2.86. The number of aromatic nitrogens is 2. The van der Waals surface area contributed by atoms with Gasteiger partial charge in [-0.25, -0.2) is 4.39 Å². The Labute approximate surface area is 133 Å². The standard InChI is InChI=1S/C13H8FIN2O3S/c14-8-2-1-3-10(6-8)21(18,19)20-9-4-5-12-11(7-9)13(15)17-16-12/h1-7H,(H,16,17). The molecule has 0 saturated carbocycles. The molecule has 1 heterocycles. The first-order chi connectivity index (χ1) is 9.95. The van der Waals surface area contributed by atoms with Gasteiger partial charge in [0.15, 0.2) is 0 Å². The fourth-order valence-corrected chi connectivity index (χ4v) is 3.33. The first-order valence-electron chi connectivity index (χ1n) is 5.79. The lowest BCUT2D eigenvalue weighted by atomic mass is 10.2. The van der Waals surface area contributed by atoms with Gasteiger partial charge >= 0.3 is 10.1 Å². The Bertz CT molecular complexity index is 924. The van der Waals surface area contributed by atoms with Crippen molar-refractivity contribution in [3.05, 3.63) is 52.0 Å². The van der Waals surface area contributed by atoms with Crippen molar-refractivity contribution in [1.29, 1.82) is 0 Å². The molecule has 0 amide bonds. The van der Waals surface area contributed by atoms with Crippen molar-refractivity contribution in [3.63, 3.8) is 0 Å². The van der Waals surface area contributed by atoms with Crippen LogP contribution < -0.4 is 4.18 Å². The summed E-state index contributed by atoms with van der Waals surface area (Å²) in [6.45, 7) is 0. The Hall–Kier alpha value is -1.68. The highest BCUT2D eigenvalue weighted by Crippen LogP contribution is 2.25. The van der Waals surface area contributed by atoms with Gasteiger partial charge in [-0.3, -0.25) is 5.10 Å². The van der Waals surface area contributed by atoms with Crippen LogP contribution in [0.4, 0.5) is 4.39 Å². The van der Waals surface area contributed by atoms with E-state index in [1.54, 1.807) is 12.1 Å². The third-order valence-corrected chi connectivity index (χ3v) is 4.84. The lowest BCUT2D eigenvalue weighted by molar-refractivity contribution is 0.485. The van der Waals surface area contributed by atoms with Crippen molar-refractivity contribution in [1.82, 2.24) is 10.2 Å². The summed E-state index contributed by atoms with van der Waals surface area (Å²) in [5.41, 5.74) is 0.773. The van der Waals surface area contributed by atoms with E-state index in [4.69, 9.17) is 4.18 Å². The molecule has 2 aromatic carbocycles. The van der Waals surface area contributed by atoms with Crippen molar-refractivity contribution >= 4 is 43.6 Å². The van der Waals surface area contributed by atoms with E-state index in [2.05, 4.69) is 10.2 Å². The molecule has 0 saturated heterocycles. The number of H-pyrrole nitrogens is 1. The number of halogens is 2. The summed E-state index contributed by atoms with van der Waals surface area (Å²) < 4.78 is 43.1. The van der Waals surface area contributed by atoms with Crippen molar-refractivity contribution in [2.24, 2.45) is 0 Å². The number of fused-ring (bicyclic) bond motifs is 1. The number of aromatic amines is 1. The predicted octanol–water partition coefficient (Wildman–Crippen LogP) is 3.07. The summed E-state index contributed by atoms with van der Waals surface area (Å²) in [4.78, 5) is -0.232. The van der Waals surface area contributed by atoms with Crippen LogP contribution in [0.25, 0.3) is 10.9 Å². The van der Waals surface area contributed by atoms with Gasteiger partial charge < -0.3 is 4.18 Å². The molecule has 0 aliphatic carbocycles. The molecule has 5 nitrogen and oxygen atoms in total. The Kier molecular flexibility index (Phi) is 3.57. The highest BCUT2D eigenvalue weighted by Gasteiger charge is 2.18. The van der Waals surface area contributed by atoms with Crippen LogP contribution in [0.1, 0.15) is 0 Å². The van der Waals surface area contributed by atoms with Gasteiger partial charge in [0.2, 0.25) is 0 Å². The smallest absolute Gasteiger partial charge is 0.339 e. The molecule has 0 unspecified atom stereocenters. The number of hydrogen-bond donors (Lipinski definition) is 1. The lowest BCUT2D eigenvalue weighted by Gasteiger charge is -2.07. The Balaban J connectivity index is 1.98. The number of hydrogen-bond acceptors (Lipinski definition) is 4. The molecular formula is C13H8FIN2O3S. The number of nitrogens with zero attached hydrogens (tertiary/aromatic N) is 1. The molecule has 0 aliphatic rings. The summed E-state index contributed by atoms with van der Waals surface area (Å²) in [6, 6.07) is 9.41. The topological polar surface area (TPSA) is 72.1 Å². The van der Waals surface area contributed by atoms with Crippen molar-refractivity contribution < 1.29 is 17.0 Å². The van der Waals surface area contributed by atoms with Crippen LogP contribution in [0.3, 0.4) is 0 Å². The second-order valence-corrected chi connectivity index (χ2v) is 6.78. The van der Waals surface area contributed by atoms with Gasteiger partial charge in [0, 0.05) is 5.39 Å². The van der Waals surface area contributed by atoms with E-state index in [9.17, 15) is 12.8 Å². The van der Waals surface area contributed by atoms with E-state index in [1.807, 2.05) is 22.6 Å². The average Bonchev–Trinajstić information content (AvgIpc) is 2.80. The predicted molar refractivity (Wildman–Crippen MR) is 83.0 cm³/mol. The van der Waals surface area contributed by atoms with Crippen LogP contribution in [0.2, 0.25) is 0 Å². The minimum atomic E-state index is -4.07. The van der Waals surface area contributed by atoms with Crippen LogP contribution in [-0.2, 0) is 10.1 Å². The molecule has 1 aromatic heterocycles. The van der Waals surface area contributed by atoms with E-state index in [0.29, 0.717) is 3.70 Å². The molecule has 0 fully saturated rings. The Morgan fingerprint density at radius 1 is 1.19 bits per heavy atom. The highest BCUT2D eigenvalue weighted by atomic mass is 127. The van der Waals surface area contributed by atoms with Gasteiger partial charge in [-0.2, -0.15) is 13.5 Å². The summed E-state index contributed by atoms with van der Waals surface area (Å²) in [7, 11) is -4.07. The molecule has 0 bridgehead atoms. The molecule has 1 N–H and O–H groups in total. The molecule has 108 valence electrons. The molecule has 0 atom stereocenters. The van der Waals surface area contributed by atoms with Crippen LogP contribution in [-0.4, -0.2) is 18.6 Å². The Morgan fingerprint density at radius 3 is 2.76 bits per heavy atom. The van der Waals surface area contributed by atoms with Gasteiger partial charge in [0.1, 0.15) is 20.2 Å². The van der Waals surface area contributed by atoms with Crippen LogP contribution in [0, 0.1) is 9.52 Å². The maximum Gasteiger partial charge on any atom is 0.339 e. The molecule has 0 aliphatic heterocycles. The first kappa shape index (κ1) is 14.3. The number of rotatable bonds is 3. The van der Waals surface area contributed by atoms with Gasteiger partial charge in [-0.15, -0.1) is 0 Å². The quantitative estimate of drug-likeness (QED) is 0.525. The molecular weight excluding hydrogens is 410 g/mol. The third-order valence-electron chi connectivity index (χ3n) is 2.78. The van der Waals surface area contributed by atoms with Crippen LogP contribution >= 0.6 is 22.6 Å². The number of benzene rings is 2. The van der Waals surface area contributed by atoms with Gasteiger partial charge in [0.25, 0.3) is 0 Å². The van der Waals surface area contributed by atoms with E-state index < -0.39 is 15.9 Å². The summed E-state index contributed by atoms with van der Waals surface area (Å²) in [5.74, 6) is -0.495. The zero-order valence-electron chi connectivity index (χ0n) is 10.4. The normalized spacial score (nSPS) is 11.7. The monoisotopic (exact) mass is 418 g/mol. The zero-order chi connectivity index (χ0) is 15.0. The fourth-order valence-electron chi connectivity index (χ4n) is 1.81. The second-order valence-electron chi connectivity index (χ2n) is 4.22. The Morgan fingerprint density at radius 2 is 2.00 bits per heavy atom. The second kappa shape index (κ2) is 5.26. The maximum atomic E-state index is 13.1. The van der Waals surface area contributed by atoms with E-state index in [-0.39, 0.29) is 10.6 Å². The van der Waals surface area contributed by atoms with Gasteiger partial charge in [0.05, 0.1) is 5.52 Å². The summed E-state index contributed by atoms with van der Waals surface area (Å²) in [6.07, 6.45) is 0.